The van der Waals surface area contributed by atoms with Crippen molar-refractivity contribution in [3.63, 3.8) is 0 Å². The summed E-state index contributed by atoms with van der Waals surface area (Å²) in [4.78, 5) is 6.97. The SMILES string of the molecule is [B]C1(I)CCCCCCC2C(C1)OC(=NCC)N2C(C)C. The minimum Gasteiger partial charge on any atom is -0.460 e. The molecular weight excluding hydrogens is 374 g/mol. The topological polar surface area (TPSA) is 24.8 Å². The molecule has 118 valence electrons. The third-order valence-electron chi connectivity index (χ3n) is 4.50. The Morgan fingerprint density at radius 1 is 1.38 bits per heavy atom. The fraction of sp³-hybridized carbons (Fsp3) is 0.938. The third kappa shape index (κ3) is 4.52. The van der Waals surface area contributed by atoms with Gasteiger partial charge in [-0.05, 0) is 43.4 Å². The first-order valence-corrected chi connectivity index (χ1v) is 9.49. The molecule has 1 aliphatic heterocycles. The van der Waals surface area contributed by atoms with Gasteiger partial charge >= 0.3 is 0 Å². The van der Waals surface area contributed by atoms with E-state index >= 15 is 0 Å². The van der Waals surface area contributed by atoms with Gasteiger partial charge in [-0.1, -0.05) is 48.3 Å². The molecule has 5 heteroatoms. The van der Waals surface area contributed by atoms with E-state index in [0.717, 1.165) is 25.4 Å². The average molecular weight is 402 g/mol. The number of fused-ring (bicyclic) bond motifs is 1. The molecule has 0 amide bonds. The smallest absolute Gasteiger partial charge is 0.288 e. The van der Waals surface area contributed by atoms with Gasteiger partial charge in [0.2, 0.25) is 0 Å². The number of hydrogen-bond donors (Lipinski definition) is 0. The number of hydrogen-bond acceptors (Lipinski definition) is 2. The standard InChI is InChI=1S/C16H28BIN2O/c1-4-19-15-20(12(2)3)13-9-7-5-6-8-10-16(17,18)11-14(13)21-15/h12-14H,4-11H2,1-3H3. The Morgan fingerprint density at radius 2 is 2.10 bits per heavy atom. The quantitative estimate of drug-likeness (QED) is 0.398. The van der Waals surface area contributed by atoms with Crippen molar-refractivity contribution >= 4 is 36.5 Å². The molecule has 1 heterocycles. The maximum atomic E-state index is 6.51. The van der Waals surface area contributed by atoms with Gasteiger partial charge in [0.15, 0.2) is 0 Å². The molecule has 1 saturated heterocycles. The van der Waals surface area contributed by atoms with Gasteiger partial charge in [-0.2, -0.15) is 0 Å². The summed E-state index contributed by atoms with van der Waals surface area (Å²) in [5.74, 6) is 0. The molecule has 0 aromatic rings. The molecule has 3 unspecified atom stereocenters. The minimum atomic E-state index is -0.150. The molecule has 2 radical (unpaired) electrons. The maximum absolute atomic E-state index is 6.51. The monoisotopic (exact) mass is 402 g/mol. The second-order valence-corrected chi connectivity index (χ2v) is 8.82. The summed E-state index contributed by atoms with van der Waals surface area (Å²) in [6.45, 7) is 7.30. The van der Waals surface area contributed by atoms with Crippen molar-refractivity contribution in [1.82, 2.24) is 4.90 Å². The Kier molecular flexibility index (Phi) is 6.27. The van der Waals surface area contributed by atoms with Crippen molar-refractivity contribution in [3.8, 4) is 0 Å². The second kappa shape index (κ2) is 7.56. The predicted molar refractivity (Wildman–Crippen MR) is 98.4 cm³/mol. The molecule has 1 saturated carbocycles. The summed E-state index contributed by atoms with van der Waals surface area (Å²) in [5, 5.41) is 0. The molecule has 0 bridgehead atoms. The average Bonchev–Trinajstić information content (AvgIpc) is 2.71. The Morgan fingerprint density at radius 3 is 2.76 bits per heavy atom. The first-order valence-electron chi connectivity index (χ1n) is 8.42. The Labute approximate surface area is 144 Å². The Bertz CT molecular complexity index is 373. The van der Waals surface area contributed by atoms with Gasteiger partial charge in [-0.25, -0.2) is 4.99 Å². The van der Waals surface area contributed by atoms with E-state index in [1.807, 2.05) is 0 Å². The van der Waals surface area contributed by atoms with E-state index in [0.29, 0.717) is 12.1 Å². The van der Waals surface area contributed by atoms with Crippen molar-refractivity contribution < 1.29 is 4.74 Å². The lowest BCUT2D eigenvalue weighted by atomic mass is 9.76. The number of aliphatic imine (C=N–C) groups is 1. The van der Waals surface area contributed by atoms with E-state index in [4.69, 9.17) is 12.6 Å². The number of rotatable bonds is 2. The zero-order chi connectivity index (χ0) is 15.5. The number of halogens is 1. The van der Waals surface area contributed by atoms with Crippen LogP contribution < -0.4 is 0 Å². The van der Waals surface area contributed by atoms with Crippen molar-refractivity contribution in [2.45, 2.75) is 87.2 Å². The molecule has 21 heavy (non-hydrogen) atoms. The lowest BCUT2D eigenvalue weighted by molar-refractivity contribution is 0.154. The van der Waals surface area contributed by atoms with Crippen LogP contribution in [0.25, 0.3) is 0 Å². The van der Waals surface area contributed by atoms with Crippen LogP contribution in [0.5, 0.6) is 0 Å². The van der Waals surface area contributed by atoms with E-state index in [9.17, 15) is 0 Å². The largest absolute Gasteiger partial charge is 0.460 e. The van der Waals surface area contributed by atoms with Gasteiger partial charge < -0.3 is 9.64 Å². The van der Waals surface area contributed by atoms with Gasteiger partial charge in [0.1, 0.15) is 6.10 Å². The Balaban J connectivity index is 2.22. The lowest BCUT2D eigenvalue weighted by Crippen LogP contribution is -2.43. The van der Waals surface area contributed by atoms with Crippen molar-refractivity contribution in [2.24, 2.45) is 4.99 Å². The summed E-state index contributed by atoms with van der Waals surface area (Å²) in [6.07, 6.45) is 8.52. The van der Waals surface area contributed by atoms with Crippen LogP contribution >= 0.6 is 22.6 Å². The van der Waals surface area contributed by atoms with E-state index in [1.54, 1.807) is 0 Å². The zero-order valence-corrected chi connectivity index (χ0v) is 15.8. The van der Waals surface area contributed by atoms with E-state index in [1.165, 1.54) is 32.1 Å². The molecule has 2 rings (SSSR count). The van der Waals surface area contributed by atoms with Crippen LogP contribution in [0.1, 0.15) is 65.7 Å². The first kappa shape index (κ1) is 17.4. The molecule has 0 N–H and O–H groups in total. The number of ether oxygens (including phenoxy) is 1. The molecule has 3 nitrogen and oxygen atoms in total. The van der Waals surface area contributed by atoms with E-state index in [2.05, 4.69) is 53.3 Å². The molecule has 2 aliphatic rings. The molecule has 3 atom stereocenters. The van der Waals surface area contributed by atoms with Crippen LogP contribution in [-0.2, 0) is 4.74 Å². The molecule has 2 fully saturated rings. The molecular formula is C16H28BIN2O. The minimum absolute atomic E-state index is 0.150. The molecule has 1 aliphatic carbocycles. The van der Waals surface area contributed by atoms with Crippen molar-refractivity contribution in [3.05, 3.63) is 0 Å². The van der Waals surface area contributed by atoms with Gasteiger partial charge in [-0.3, -0.25) is 0 Å². The van der Waals surface area contributed by atoms with Crippen LogP contribution in [0.2, 0.25) is 0 Å². The summed E-state index contributed by atoms with van der Waals surface area (Å²) < 4.78 is 6.09. The van der Waals surface area contributed by atoms with Crippen LogP contribution in [0.4, 0.5) is 0 Å². The van der Waals surface area contributed by atoms with E-state index < -0.39 is 0 Å². The summed E-state index contributed by atoms with van der Waals surface area (Å²) in [7, 11) is 6.51. The predicted octanol–water partition coefficient (Wildman–Crippen LogP) is 3.88. The summed E-state index contributed by atoms with van der Waals surface area (Å²) in [6, 6.07) is 1.70. The summed E-state index contributed by atoms with van der Waals surface area (Å²) >= 11 is 2.43. The number of amidine groups is 1. The zero-order valence-electron chi connectivity index (χ0n) is 13.6. The van der Waals surface area contributed by atoms with Crippen LogP contribution in [0, 0.1) is 0 Å². The maximum Gasteiger partial charge on any atom is 0.288 e. The van der Waals surface area contributed by atoms with Gasteiger partial charge in [0.05, 0.1) is 13.9 Å². The van der Waals surface area contributed by atoms with Crippen LogP contribution in [0.15, 0.2) is 4.99 Å². The van der Waals surface area contributed by atoms with E-state index in [-0.39, 0.29) is 9.43 Å². The van der Waals surface area contributed by atoms with Gasteiger partial charge in [-0.15, -0.1) is 0 Å². The third-order valence-corrected chi connectivity index (χ3v) is 5.48. The van der Waals surface area contributed by atoms with Crippen molar-refractivity contribution in [2.75, 3.05) is 6.54 Å². The van der Waals surface area contributed by atoms with Gasteiger partial charge in [0, 0.05) is 12.6 Å². The fourth-order valence-corrected chi connectivity index (χ4v) is 4.33. The van der Waals surface area contributed by atoms with Gasteiger partial charge in [0.25, 0.3) is 6.02 Å². The highest BCUT2D eigenvalue weighted by molar-refractivity contribution is 14.1. The Hall–Kier alpha value is 0.0649. The van der Waals surface area contributed by atoms with Crippen LogP contribution in [0.3, 0.4) is 0 Å². The van der Waals surface area contributed by atoms with Crippen molar-refractivity contribution in [1.29, 1.82) is 0 Å². The molecule has 0 aromatic carbocycles. The highest BCUT2D eigenvalue weighted by atomic mass is 127. The highest BCUT2D eigenvalue weighted by Crippen LogP contribution is 2.37. The first-order chi connectivity index (χ1) is 9.94. The number of alkyl halides is 1. The lowest BCUT2D eigenvalue weighted by Gasteiger charge is -2.33. The summed E-state index contributed by atoms with van der Waals surface area (Å²) in [5.41, 5.74) is 0. The normalized spacial score (nSPS) is 36.6. The fourth-order valence-electron chi connectivity index (χ4n) is 3.52. The molecule has 0 spiro atoms. The van der Waals surface area contributed by atoms with Crippen LogP contribution in [-0.4, -0.2) is 46.8 Å². The molecule has 0 aromatic heterocycles. The second-order valence-electron chi connectivity index (χ2n) is 6.67. The highest BCUT2D eigenvalue weighted by Gasteiger charge is 2.43. The number of nitrogens with zero attached hydrogens (tertiary/aromatic N) is 2.